The molecule has 1 saturated carbocycles. The van der Waals surface area contributed by atoms with Crippen molar-refractivity contribution < 1.29 is 5.11 Å². The maximum Gasteiger partial charge on any atom is 0.115 e. The number of rotatable bonds is 5. The number of hydrogen-bond acceptors (Lipinski definition) is 3. The molecule has 0 aliphatic heterocycles. The Hall–Kier alpha value is -1.06. The maximum atomic E-state index is 9.43. The molecule has 1 aromatic rings. The summed E-state index contributed by atoms with van der Waals surface area (Å²) >= 11 is 0. The lowest BCUT2D eigenvalue weighted by molar-refractivity contribution is 0.107. The minimum Gasteiger partial charge on any atom is -0.508 e. The van der Waals surface area contributed by atoms with Crippen LogP contribution in [0.4, 0.5) is 0 Å². The van der Waals surface area contributed by atoms with Crippen LogP contribution in [0.3, 0.4) is 0 Å². The fraction of sp³-hybridized carbons (Fsp3) is 0.647. The van der Waals surface area contributed by atoms with E-state index in [1.54, 1.807) is 12.1 Å². The van der Waals surface area contributed by atoms with E-state index in [9.17, 15) is 5.11 Å². The van der Waals surface area contributed by atoms with Crippen molar-refractivity contribution in [2.24, 2.45) is 5.73 Å². The Morgan fingerprint density at radius 3 is 2.35 bits per heavy atom. The summed E-state index contributed by atoms with van der Waals surface area (Å²) in [4.78, 5) is 2.62. The Labute approximate surface area is 122 Å². The largest absolute Gasteiger partial charge is 0.508 e. The average molecular weight is 276 g/mol. The molecule has 0 saturated heterocycles. The van der Waals surface area contributed by atoms with Gasteiger partial charge in [-0.3, -0.25) is 4.90 Å². The van der Waals surface area contributed by atoms with Crippen LogP contribution in [0.1, 0.15) is 57.6 Å². The number of benzene rings is 1. The van der Waals surface area contributed by atoms with Crippen molar-refractivity contribution in [3.63, 3.8) is 0 Å². The minimum atomic E-state index is 0.339. The zero-order valence-electron chi connectivity index (χ0n) is 12.8. The molecule has 0 amide bonds. The maximum absolute atomic E-state index is 9.43. The second kappa shape index (κ2) is 7.09. The summed E-state index contributed by atoms with van der Waals surface area (Å²) in [5, 5.41) is 9.43. The first-order valence-corrected chi connectivity index (χ1v) is 7.92. The molecule has 2 rings (SSSR count). The smallest absolute Gasteiger partial charge is 0.115 e. The summed E-state index contributed by atoms with van der Waals surface area (Å²) < 4.78 is 0. The predicted octanol–water partition coefficient (Wildman–Crippen LogP) is 3.44. The van der Waals surface area contributed by atoms with E-state index in [-0.39, 0.29) is 0 Å². The van der Waals surface area contributed by atoms with E-state index in [1.165, 1.54) is 24.8 Å². The van der Waals surface area contributed by atoms with Gasteiger partial charge in [-0.15, -0.1) is 0 Å². The van der Waals surface area contributed by atoms with E-state index in [1.807, 2.05) is 12.1 Å². The fourth-order valence-electron chi connectivity index (χ4n) is 3.33. The van der Waals surface area contributed by atoms with Crippen molar-refractivity contribution in [1.29, 1.82) is 0 Å². The van der Waals surface area contributed by atoms with Crippen molar-refractivity contribution >= 4 is 0 Å². The molecule has 1 aliphatic rings. The first-order chi connectivity index (χ1) is 9.61. The van der Waals surface area contributed by atoms with Crippen LogP contribution >= 0.6 is 0 Å². The van der Waals surface area contributed by atoms with Gasteiger partial charge in [-0.25, -0.2) is 0 Å². The summed E-state index contributed by atoms with van der Waals surface area (Å²) in [6.45, 7) is 5.64. The lowest BCUT2D eigenvalue weighted by atomic mass is 9.89. The molecule has 0 bridgehead atoms. The van der Waals surface area contributed by atoms with E-state index in [0.717, 1.165) is 19.4 Å². The van der Waals surface area contributed by atoms with E-state index in [0.29, 0.717) is 23.9 Å². The molecule has 3 nitrogen and oxygen atoms in total. The van der Waals surface area contributed by atoms with Crippen molar-refractivity contribution in [1.82, 2.24) is 4.90 Å². The van der Waals surface area contributed by atoms with Crippen LogP contribution in [0.15, 0.2) is 24.3 Å². The molecule has 1 aromatic carbocycles. The molecular formula is C17H28N2O. The second-order valence-electron chi connectivity index (χ2n) is 6.07. The number of nitrogens with two attached hydrogens (primary N) is 1. The minimum absolute atomic E-state index is 0.339. The van der Waals surface area contributed by atoms with Gasteiger partial charge in [-0.05, 0) is 63.3 Å². The van der Waals surface area contributed by atoms with Crippen LogP contribution in [0.25, 0.3) is 0 Å². The molecular weight excluding hydrogens is 248 g/mol. The number of nitrogens with zero attached hydrogens (tertiary/aromatic N) is 1. The molecule has 3 heteroatoms. The van der Waals surface area contributed by atoms with Crippen molar-refractivity contribution in [2.45, 2.75) is 64.1 Å². The van der Waals surface area contributed by atoms with Gasteiger partial charge in [0.05, 0.1) is 0 Å². The normalized spacial score (nSPS) is 24.8. The van der Waals surface area contributed by atoms with E-state index < -0.39 is 0 Å². The lowest BCUT2D eigenvalue weighted by Crippen LogP contribution is -2.42. The quantitative estimate of drug-likeness (QED) is 0.866. The van der Waals surface area contributed by atoms with Gasteiger partial charge in [-0.1, -0.05) is 19.1 Å². The van der Waals surface area contributed by atoms with Gasteiger partial charge < -0.3 is 10.8 Å². The highest BCUT2D eigenvalue weighted by Gasteiger charge is 2.27. The Morgan fingerprint density at radius 1 is 1.20 bits per heavy atom. The molecule has 0 spiro atoms. The molecule has 1 atom stereocenters. The first-order valence-electron chi connectivity index (χ1n) is 7.92. The third-order valence-electron chi connectivity index (χ3n) is 4.57. The summed E-state index contributed by atoms with van der Waals surface area (Å²) in [6.07, 6.45) is 5.89. The number of hydrogen-bond donors (Lipinski definition) is 2. The SMILES string of the molecule is CCCN(C1CCC(N)CC1)C(C)c1ccc(O)cc1. The van der Waals surface area contributed by atoms with E-state index in [4.69, 9.17) is 5.73 Å². The van der Waals surface area contributed by atoms with Gasteiger partial charge in [0.1, 0.15) is 5.75 Å². The fourth-order valence-corrected chi connectivity index (χ4v) is 3.33. The van der Waals surface area contributed by atoms with Gasteiger partial charge in [0.15, 0.2) is 0 Å². The van der Waals surface area contributed by atoms with Crippen molar-refractivity contribution in [3.8, 4) is 5.75 Å². The summed E-state index contributed by atoms with van der Waals surface area (Å²) in [7, 11) is 0. The molecule has 0 heterocycles. The van der Waals surface area contributed by atoms with Gasteiger partial charge in [0.25, 0.3) is 0 Å². The molecule has 0 aromatic heterocycles. The first kappa shape index (κ1) is 15.3. The van der Waals surface area contributed by atoms with E-state index in [2.05, 4.69) is 18.7 Å². The summed E-state index contributed by atoms with van der Waals surface area (Å²) in [5.74, 6) is 0.339. The Morgan fingerprint density at radius 2 is 1.80 bits per heavy atom. The average Bonchev–Trinajstić information content (AvgIpc) is 2.46. The third-order valence-corrected chi connectivity index (χ3v) is 4.57. The second-order valence-corrected chi connectivity index (χ2v) is 6.07. The zero-order chi connectivity index (χ0) is 14.5. The molecule has 0 radical (unpaired) electrons. The van der Waals surface area contributed by atoms with Gasteiger partial charge in [0, 0.05) is 18.1 Å². The standard InChI is InChI=1S/C17H28N2O/c1-3-12-19(16-8-6-15(18)7-9-16)13(2)14-4-10-17(20)11-5-14/h4-5,10-11,13,15-16,20H,3,6-9,12,18H2,1-2H3. The molecule has 1 aliphatic carbocycles. The Bertz CT molecular complexity index is 396. The monoisotopic (exact) mass is 276 g/mol. The molecule has 1 unspecified atom stereocenters. The number of aromatic hydroxyl groups is 1. The van der Waals surface area contributed by atoms with Crippen LogP contribution in [-0.4, -0.2) is 28.6 Å². The third kappa shape index (κ3) is 3.74. The number of phenolic OH excluding ortho intramolecular Hbond substituents is 1. The molecule has 3 N–H and O–H groups in total. The molecule has 20 heavy (non-hydrogen) atoms. The number of phenols is 1. The van der Waals surface area contributed by atoms with Gasteiger partial charge in [0.2, 0.25) is 0 Å². The molecule has 112 valence electrons. The van der Waals surface area contributed by atoms with Gasteiger partial charge >= 0.3 is 0 Å². The van der Waals surface area contributed by atoms with Gasteiger partial charge in [-0.2, -0.15) is 0 Å². The molecule has 1 fully saturated rings. The van der Waals surface area contributed by atoms with Crippen LogP contribution in [0.5, 0.6) is 5.75 Å². The highest BCUT2D eigenvalue weighted by atomic mass is 16.3. The lowest BCUT2D eigenvalue weighted by Gasteiger charge is -2.40. The Kier molecular flexibility index (Phi) is 5.44. The van der Waals surface area contributed by atoms with Crippen LogP contribution in [0.2, 0.25) is 0 Å². The summed E-state index contributed by atoms with van der Waals surface area (Å²) in [6, 6.07) is 9.10. The Balaban J connectivity index is 2.08. The highest BCUT2D eigenvalue weighted by molar-refractivity contribution is 5.27. The topological polar surface area (TPSA) is 49.5 Å². The zero-order valence-corrected chi connectivity index (χ0v) is 12.8. The highest BCUT2D eigenvalue weighted by Crippen LogP contribution is 2.30. The van der Waals surface area contributed by atoms with E-state index >= 15 is 0 Å². The summed E-state index contributed by atoms with van der Waals surface area (Å²) in [5.41, 5.74) is 7.31. The van der Waals surface area contributed by atoms with Crippen LogP contribution < -0.4 is 5.73 Å². The van der Waals surface area contributed by atoms with Crippen molar-refractivity contribution in [2.75, 3.05) is 6.54 Å². The van der Waals surface area contributed by atoms with Crippen LogP contribution in [0, 0.1) is 0 Å². The van der Waals surface area contributed by atoms with Crippen LogP contribution in [-0.2, 0) is 0 Å². The predicted molar refractivity (Wildman–Crippen MR) is 83.8 cm³/mol. The van der Waals surface area contributed by atoms with Crippen molar-refractivity contribution in [3.05, 3.63) is 29.8 Å².